The zero-order valence-corrected chi connectivity index (χ0v) is 11.6. The van der Waals surface area contributed by atoms with Crippen molar-refractivity contribution in [3.05, 3.63) is 60.8 Å². The van der Waals surface area contributed by atoms with Gasteiger partial charge in [0.1, 0.15) is 0 Å². The van der Waals surface area contributed by atoms with Gasteiger partial charge in [-0.2, -0.15) is 0 Å². The van der Waals surface area contributed by atoms with E-state index < -0.39 is 0 Å². The molecule has 3 rings (SSSR count). The van der Waals surface area contributed by atoms with Gasteiger partial charge in [0, 0.05) is 30.2 Å². The Balaban J connectivity index is 2.05. The topological polar surface area (TPSA) is 29.0 Å². The molecule has 0 aliphatic carbocycles. The third-order valence-electron chi connectivity index (χ3n) is 3.45. The number of benzene rings is 2. The van der Waals surface area contributed by atoms with Crippen molar-refractivity contribution in [3.63, 3.8) is 0 Å². The van der Waals surface area contributed by atoms with E-state index in [4.69, 9.17) is 0 Å². The zero-order valence-electron chi connectivity index (χ0n) is 11.6. The number of para-hydroxylation sites is 1. The highest BCUT2D eigenvalue weighted by Gasteiger charge is 2.08. The maximum atomic E-state index is 3.43. The van der Waals surface area contributed by atoms with Crippen LogP contribution >= 0.6 is 0 Å². The Labute approximate surface area is 119 Å². The number of rotatable bonds is 5. The molecule has 0 radical (unpaired) electrons. The highest BCUT2D eigenvalue weighted by Crippen LogP contribution is 2.29. The molecule has 0 aliphatic heterocycles. The summed E-state index contributed by atoms with van der Waals surface area (Å²) < 4.78 is 2.12. The number of aromatic nitrogens is 1. The minimum Gasteiger partial charge on any atom is -0.325 e. The Morgan fingerprint density at radius 2 is 1.65 bits per heavy atom. The van der Waals surface area contributed by atoms with Gasteiger partial charge in [-0.05, 0) is 18.7 Å². The molecular formula is C17H19N3. The standard InChI is InChI=1S/C17H19N3/c1-18-11-12-19-20-13-16(14-7-3-2-4-8-14)15-9-5-6-10-17(15)20/h2-10,13,18-19H,11-12H2,1H3. The third kappa shape index (κ3) is 2.40. The highest BCUT2D eigenvalue weighted by atomic mass is 15.4. The van der Waals surface area contributed by atoms with Gasteiger partial charge in [0.15, 0.2) is 0 Å². The van der Waals surface area contributed by atoms with Crippen LogP contribution in [0.2, 0.25) is 0 Å². The molecule has 0 bridgehead atoms. The summed E-state index contributed by atoms with van der Waals surface area (Å²) in [6.45, 7) is 1.83. The molecule has 3 heteroatoms. The first-order valence-corrected chi connectivity index (χ1v) is 6.94. The minimum atomic E-state index is 0.892. The first-order chi connectivity index (χ1) is 9.90. The van der Waals surface area contributed by atoms with E-state index in [2.05, 4.69) is 70.1 Å². The monoisotopic (exact) mass is 265 g/mol. The SMILES string of the molecule is CNCCNn1cc(-c2ccccc2)c2ccccc21. The predicted molar refractivity (Wildman–Crippen MR) is 85.5 cm³/mol. The molecule has 1 heterocycles. The van der Waals surface area contributed by atoms with Crippen molar-refractivity contribution in [2.24, 2.45) is 0 Å². The van der Waals surface area contributed by atoms with E-state index >= 15 is 0 Å². The van der Waals surface area contributed by atoms with E-state index in [0.29, 0.717) is 0 Å². The van der Waals surface area contributed by atoms with E-state index in [1.807, 2.05) is 13.1 Å². The molecule has 2 N–H and O–H groups in total. The van der Waals surface area contributed by atoms with Crippen LogP contribution in [0.15, 0.2) is 60.8 Å². The quantitative estimate of drug-likeness (QED) is 0.694. The summed E-state index contributed by atoms with van der Waals surface area (Å²) in [4.78, 5) is 0. The van der Waals surface area contributed by atoms with Gasteiger partial charge in [0.2, 0.25) is 0 Å². The van der Waals surface area contributed by atoms with E-state index in [0.717, 1.165) is 13.1 Å². The van der Waals surface area contributed by atoms with Crippen molar-refractivity contribution < 1.29 is 0 Å². The predicted octanol–water partition coefficient (Wildman–Crippen LogP) is 3.07. The van der Waals surface area contributed by atoms with Crippen LogP contribution in [0.5, 0.6) is 0 Å². The molecule has 0 atom stereocenters. The fourth-order valence-corrected chi connectivity index (χ4v) is 2.46. The molecular weight excluding hydrogens is 246 g/mol. The largest absolute Gasteiger partial charge is 0.325 e. The summed E-state index contributed by atoms with van der Waals surface area (Å²) in [6, 6.07) is 19.0. The van der Waals surface area contributed by atoms with Crippen LogP contribution in [0.3, 0.4) is 0 Å². The molecule has 0 unspecified atom stereocenters. The van der Waals surface area contributed by atoms with E-state index in [-0.39, 0.29) is 0 Å². The van der Waals surface area contributed by atoms with Crippen molar-refractivity contribution in [2.45, 2.75) is 0 Å². The molecule has 3 aromatic rings. The lowest BCUT2D eigenvalue weighted by Crippen LogP contribution is -2.23. The Bertz CT molecular complexity index is 686. The smallest absolute Gasteiger partial charge is 0.0698 e. The molecule has 0 fully saturated rings. The van der Waals surface area contributed by atoms with E-state index in [1.165, 1.54) is 22.0 Å². The third-order valence-corrected chi connectivity index (χ3v) is 3.45. The van der Waals surface area contributed by atoms with Gasteiger partial charge in [0.05, 0.1) is 5.52 Å². The number of likely N-dealkylation sites (N-methyl/N-ethyl adjacent to an activating group) is 1. The molecule has 0 saturated heterocycles. The van der Waals surface area contributed by atoms with Gasteiger partial charge >= 0.3 is 0 Å². The number of hydrogen-bond acceptors (Lipinski definition) is 2. The maximum Gasteiger partial charge on any atom is 0.0698 e. The lowest BCUT2D eigenvalue weighted by atomic mass is 10.1. The van der Waals surface area contributed by atoms with E-state index in [1.54, 1.807) is 0 Å². The molecule has 20 heavy (non-hydrogen) atoms. The summed E-state index contributed by atoms with van der Waals surface area (Å²) in [5.74, 6) is 0. The first kappa shape index (κ1) is 12.8. The van der Waals surface area contributed by atoms with Crippen molar-refractivity contribution >= 4 is 10.9 Å². The molecule has 1 aromatic heterocycles. The van der Waals surface area contributed by atoms with Crippen molar-refractivity contribution in [1.29, 1.82) is 0 Å². The molecule has 0 spiro atoms. The van der Waals surface area contributed by atoms with Crippen molar-refractivity contribution in [1.82, 2.24) is 9.99 Å². The summed E-state index contributed by atoms with van der Waals surface area (Å²) >= 11 is 0. The fourth-order valence-electron chi connectivity index (χ4n) is 2.46. The molecule has 3 nitrogen and oxygen atoms in total. The Hall–Kier alpha value is -2.26. The van der Waals surface area contributed by atoms with Gasteiger partial charge in [-0.3, -0.25) is 4.68 Å². The van der Waals surface area contributed by atoms with Crippen molar-refractivity contribution in [2.75, 3.05) is 25.6 Å². The zero-order chi connectivity index (χ0) is 13.8. The lowest BCUT2D eigenvalue weighted by Gasteiger charge is -2.08. The maximum absolute atomic E-state index is 3.43. The minimum absolute atomic E-state index is 0.892. The van der Waals surface area contributed by atoms with Crippen LogP contribution in [0.4, 0.5) is 0 Å². The second-order valence-electron chi connectivity index (χ2n) is 4.81. The second-order valence-corrected chi connectivity index (χ2v) is 4.81. The van der Waals surface area contributed by atoms with Gasteiger partial charge in [-0.25, -0.2) is 0 Å². The fraction of sp³-hybridized carbons (Fsp3) is 0.176. The highest BCUT2D eigenvalue weighted by molar-refractivity contribution is 5.96. The van der Waals surface area contributed by atoms with E-state index in [9.17, 15) is 0 Å². The molecule has 0 aliphatic rings. The summed E-state index contributed by atoms with van der Waals surface area (Å²) in [5, 5.41) is 4.42. The Kier molecular flexibility index (Phi) is 3.70. The molecule has 0 saturated carbocycles. The second kappa shape index (κ2) is 5.80. The molecule has 2 aromatic carbocycles. The Morgan fingerprint density at radius 1 is 0.900 bits per heavy atom. The average Bonchev–Trinajstić information content (AvgIpc) is 2.88. The average molecular weight is 265 g/mol. The molecule has 102 valence electrons. The van der Waals surface area contributed by atoms with Gasteiger partial charge < -0.3 is 10.7 Å². The summed E-state index contributed by atoms with van der Waals surface area (Å²) in [6.07, 6.45) is 2.18. The molecule has 0 amide bonds. The van der Waals surface area contributed by atoms with Crippen LogP contribution in [0.25, 0.3) is 22.0 Å². The van der Waals surface area contributed by atoms with Crippen LogP contribution in [0, 0.1) is 0 Å². The first-order valence-electron chi connectivity index (χ1n) is 6.94. The summed E-state index contributed by atoms with van der Waals surface area (Å²) in [5.41, 5.74) is 7.15. The van der Waals surface area contributed by atoms with Gasteiger partial charge in [-0.15, -0.1) is 0 Å². The number of fused-ring (bicyclic) bond motifs is 1. The van der Waals surface area contributed by atoms with Gasteiger partial charge in [-0.1, -0.05) is 48.5 Å². The van der Waals surface area contributed by atoms with Gasteiger partial charge in [0.25, 0.3) is 0 Å². The number of hydrogen-bond donors (Lipinski definition) is 2. The van der Waals surface area contributed by atoms with Crippen LogP contribution < -0.4 is 10.7 Å². The number of nitrogens with zero attached hydrogens (tertiary/aromatic N) is 1. The van der Waals surface area contributed by atoms with Crippen LogP contribution in [-0.2, 0) is 0 Å². The van der Waals surface area contributed by atoms with Crippen molar-refractivity contribution in [3.8, 4) is 11.1 Å². The van der Waals surface area contributed by atoms with Crippen LogP contribution in [0.1, 0.15) is 0 Å². The van der Waals surface area contributed by atoms with Crippen LogP contribution in [-0.4, -0.2) is 24.8 Å². The lowest BCUT2D eigenvalue weighted by molar-refractivity contribution is 0.767. The summed E-state index contributed by atoms with van der Waals surface area (Å²) in [7, 11) is 1.96. The Morgan fingerprint density at radius 3 is 2.45 bits per heavy atom. The number of nitrogens with one attached hydrogen (secondary N) is 2. The normalized spacial score (nSPS) is 10.8.